The van der Waals surface area contributed by atoms with Gasteiger partial charge in [0, 0.05) is 92.1 Å². The van der Waals surface area contributed by atoms with Gasteiger partial charge in [-0.2, -0.15) is 0 Å². The van der Waals surface area contributed by atoms with Crippen molar-refractivity contribution in [2.75, 3.05) is 69.5 Å². The molecule has 4 fully saturated rings. The molecule has 3 unspecified atom stereocenters. The average molecular weight is 1160 g/mol. The number of aryl methyl sites for hydroxylation is 1. The number of imide groups is 1. The largest absolute Gasteiger partial charge is 0.495 e. The molecule has 446 valence electrons. The molecule has 3 aromatic heterocycles. The van der Waals surface area contributed by atoms with Gasteiger partial charge in [0.2, 0.25) is 23.7 Å². The van der Waals surface area contributed by atoms with Crippen LogP contribution in [0.2, 0.25) is 0 Å². The Bertz CT molecular complexity index is 3650. The first-order valence-electron chi connectivity index (χ1n) is 28.5. The summed E-state index contributed by atoms with van der Waals surface area (Å²) in [6.45, 7) is 4.88. The van der Waals surface area contributed by atoms with E-state index < -0.39 is 72.9 Å². The minimum Gasteiger partial charge on any atom is -0.495 e. The summed E-state index contributed by atoms with van der Waals surface area (Å²) in [5, 5.41) is 39.6. The maximum absolute atomic E-state index is 13.9. The molecular weight excluding hydrogens is 1090 g/mol. The molecular formula is C61H70N12O12. The van der Waals surface area contributed by atoms with Gasteiger partial charge < -0.3 is 65.8 Å². The number of amides is 5. The summed E-state index contributed by atoms with van der Waals surface area (Å²) in [4.78, 5) is 109. The maximum Gasteiger partial charge on any atom is 0.332 e. The van der Waals surface area contributed by atoms with Crippen LogP contribution in [0.5, 0.6) is 5.75 Å². The number of carbonyl (C=O) groups is 6. The molecule has 85 heavy (non-hydrogen) atoms. The molecule has 0 radical (unpaired) electrons. The summed E-state index contributed by atoms with van der Waals surface area (Å²) in [6.07, 6.45) is 7.23. The van der Waals surface area contributed by atoms with Crippen LogP contribution in [0.15, 0.2) is 90.0 Å². The van der Waals surface area contributed by atoms with E-state index in [4.69, 9.17) is 30.3 Å². The molecule has 0 bridgehead atoms. The first kappa shape index (κ1) is 59.4. The highest BCUT2D eigenvalue weighted by Gasteiger charge is 2.44. The Hall–Kier alpha value is -8.73. The molecule has 5 amide bonds. The second-order valence-electron chi connectivity index (χ2n) is 22.4. The fraction of sp³-hybridized carbons (Fsp3) is 0.426. The number of H-pyrrole nitrogens is 1. The number of aromatic amines is 1. The third kappa shape index (κ3) is 13.0. The number of anilines is 2. The lowest BCUT2D eigenvalue weighted by Gasteiger charge is -2.45. The lowest BCUT2D eigenvalue weighted by molar-refractivity contribution is -0.142. The van der Waals surface area contributed by atoms with Crippen LogP contribution >= 0.6 is 0 Å². The predicted octanol–water partition coefficient (Wildman–Crippen LogP) is 3.36. The highest BCUT2D eigenvalue weighted by atomic mass is 16.5. The number of fused-ring (bicyclic) bond motifs is 2. The van der Waals surface area contributed by atoms with Gasteiger partial charge in [0.05, 0.1) is 62.1 Å². The third-order valence-electron chi connectivity index (χ3n) is 16.6. The van der Waals surface area contributed by atoms with Gasteiger partial charge in [-0.25, -0.2) is 19.7 Å². The Labute approximate surface area is 489 Å². The van der Waals surface area contributed by atoms with E-state index in [9.17, 15) is 43.8 Å². The summed E-state index contributed by atoms with van der Waals surface area (Å²) in [6, 6.07) is 19.2. The number of nitrogens with zero attached hydrogens (tertiary/aromatic N) is 7. The van der Waals surface area contributed by atoms with Crippen LogP contribution in [0.3, 0.4) is 0 Å². The quantitative estimate of drug-likeness (QED) is 0.0479. The highest BCUT2D eigenvalue weighted by Crippen LogP contribution is 2.44. The number of likely N-dealkylation sites (tertiary alicyclic amines) is 1. The number of aliphatic hydroxyl groups is 1. The normalized spacial score (nSPS) is 18.1. The van der Waals surface area contributed by atoms with Crippen LogP contribution in [-0.4, -0.2) is 170 Å². The molecule has 24 heteroatoms. The number of hydrogen-bond acceptors (Lipinski definition) is 16. The summed E-state index contributed by atoms with van der Waals surface area (Å²) in [7, 11) is 3.18. The Kier molecular flexibility index (Phi) is 17.6. The number of rotatable bonds is 21. The lowest BCUT2D eigenvalue weighted by atomic mass is 9.87. The van der Waals surface area contributed by atoms with Gasteiger partial charge in [0.1, 0.15) is 24.0 Å². The van der Waals surface area contributed by atoms with Gasteiger partial charge in [-0.3, -0.25) is 33.7 Å². The number of carbonyl (C=O) groups excluding carboxylic acids is 4. The zero-order valence-electron chi connectivity index (χ0n) is 47.6. The van der Waals surface area contributed by atoms with E-state index in [0.717, 1.165) is 103 Å². The molecule has 10 rings (SSSR count). The molecule has 9 N–H and O–H groups in total. The van der Waals surface area contributed by atoms with E-state index in [2.05, 4.69) is 55.6 Å². The van der Waals surface area contributed by atoms with Crippen molar-refractivity contribution in [3.8, 4) is 28.7 Å². The van der Waals surface area contributed by atoms with Gasteiger partial charge in [-0.05, 0) is 93.0 Å². The first-order valence-corrected chi connectivity index (χ1v) is 28.5. The summed E-state index contributed by atoms with van der Waals surface area (Å²) < 4.78 is 14.1. The van der Waals surface area contributed by atoms with Crippen LogP contribution in [0.1, 0.15) is 81.5 Å². The van der Waals surface area contributed by atoms with Crippen molar-refractivity contribution >= 4 is 69.1 Å². The minimum absolute atomic E-state index is 0.0108. The third-order valence-corrected chi connectivity index (χ3v) is 16.6. The zero-order chi connectivity index (χ0) is 60.2. The number of aromatic nitrogens is 4. The summed E-state index contributed by atoms with van der Waals surface area (Å²) >= 11 is 0. The SMILES string of the molecule is COc1ccc(C#CCNC2(C)CCN(C3CCN(c4nc(C(CO)(OC5CC5)c5ccccc5)c5cc(-c6cn(C)c(=O)c7[nH]ccc67)ccc5n4)CC3)CC2)cc1N1CCC(=O)N(CNC(=O)C(CC(=O)O)NC(=O)C(N)CC(=O)O)C1=O. The van der Waals surface area contributed by atoms with Gasteiger partial charge in [-0.15, -0.1) is 0 Å². The fourth-order valence-electron chi connectivity index (χ4n) is 11.5. The Balaban J connectivity index is 0.770. The van der Waals surface area contributed by atoms with E-state index in [0.29, 0.717) is 46.7 Å². The van der Waals surface area contributed by atoms with Crippen LogP contribution < -0.4 is 41.8 Å². The Morgan fingerprint density at radius 2 is 1.64 bits per heavy atom. The van der Waals surface area contributed by atoms with Gasteiger partial charge in [0.25, 0.3) is 5.56 Å². The Morgan fingerprint density at radius 3 is 2.33 bits per heavy atom. The molecule has 6 aromatic rings. The standard InChI is InChI=1S/C61H70N12O12/c1-60(65-23-7-8-37-11-16-49(84-3)48(30-37)72-27-20-50(75)73(59(72)83)36-64-56(81)47(33-52(78)79)66-55(80)45(62)32-51(76)77)21-28-70(29-22-60)40-18-25-71(26-19-40)58-67-46-15-12-38(44-34-69(2)57(82)53-42(44)17-24-63-53)31-43(46)54(68-58)61(35-74,85-41-13-14-41)39-9-5-4-6-10-39/h4-6,9-12,15-17,24,30-31,34,40-41,45,47,63,65,74H,13-14,18-23,25-29,32-33,35-36,62H2,1-3H3,(H,64,81)(H,66,80)(H,76,77)(H,78,79). The number of aliphatic hydroxyl groups excluding tert-OH is 1. The highest BCUT2D eigenvalue weighted by molar-refractivity contribution is 6.07. The number of nitrogens with one attached hydrogen (secondary N) is 4. The summed E-state index contributed by atoms with van der Waals surface area (Å²) in [5.41, 5.74) is 9.33. The molecule has 1 saturated carbocycles. The van der Waals surface area contributed by atoms with Gasteiger partial charge in [-0.1, -0.05) is 48.2 Å². The van der Waals surface area contributed by atoms with Crippen LogP contribution in [0, 0.1) is 11.8 Å². The predicted molar refractivity (Wildman–Crippen MR) is 314 cm³/mol. The smallest absolute Gasteiger partial charge is 0.332 e. The molecule has 3 atom stereocenters. The number of pyridine rings is 1. The number of carboxylic acid groups (broad SMARTS) is 2. The summed E-state index contributed by atoms with van der Waals surface area (Å²) in [5.74, 6) is 1.77. The number of benzene rings is 3. The molecule has 4 aliphatic rings. The minimum atomic E-state index is -1.69. The molecule has 3 aromatic carbocycles. The number of methoxy groups -OCH3 is 1. The molecule has 1 aliphatic carbocycles. The van der Waals surface area contributed by atoms with Crippen molar-refractivity contribution in [2.45, 2.75) is 100 Å². The molecule has 0 spiro atoms. The van der Waals surface area contributed by atoms with Crippen molar-refractivity contribution < 1.29 is 53.6 Å². The second-order valence-corrected chi connectivity index (χ2v) is 22.4. The first-order chi connectivity index (χ1) is 40.9. The lowest BCUT2D eigenvalue weighted by Crippen LogP contribution is -2.58. The molecule has 3 saturated heterocycles. The van der Waals surface area contributed by atoms with E-state index in [1.54, 1.807) is 36.0 Å². The van der Waals surface area contributed by atoms with Crippen LogP contribution in [0.4, 0.5) is 16.4 Å². The monoisotopic (exact) mass is 1160 g/mol. The molecule has 6 heterocycles. The number of hydrogen-bond donors (Lipinski definition) is 8. The number of ether oxygens (including phenoxy) is 2. The van der Waals surface area contributed by atoms with E-state index in [1.807, 2.05) is 54.7 Å². The number of urea groups is 1. The fourth-order valence-corrected chi connectivity index (χ4v) is 11.5. The van der Waals surface area contributed by atoms with Crippen molar-refractivity contribution in [3.63, 3.8) is 0 Å². The van der Waals surface area contributed by atoms with E-state index in [1.165, 1.54) is 12.0 Å². The number of nitrogens with two attached hydrogens (primary N) is 1. The van der Waals surface area contributed by atoms with E-state index in [-0.39, 0.29) is 36.8 Å². The number of aliphatic carboxylic acids is 2. The van der Waals surface area contributed by atoms with Gasteiger partial charge >= 0.3 is 18.0 Å². The van der Waals surface area contributed by atoms with Crippen molar-refractivity contribution in [2.24, 2.45) is 12.8 Å². The maximum atomic E-state index is 13.9. The second kappa shape index (κ2) is 25.2. The van der Waals surface area contributed by atoms with Crippen LogP contribution in [0.25, 0.3) is 32.9 Å². The van der Waals surface area contributed by atoms with Crippen molar-refractivity contribution in [1.82, 2.24) is 45.3 Å². The Morgan fingerprint density at radius 1 is 0.894 bits per heavy atom. The zero-order valence-corrected chi connectivity index (χ0v) is 47.6. The average Bonchev–Trinajstić information content (AvgIpc) is 2.59. The number of piperidine rings is 2. The van der Waals surface area contributed by atoms with E-state index >= 15 is 0 Å². The van der Waals surface area contributed by atoms with Crippen molar-refractivity contribution in [1.29, 1.82) is 0 Å². The van der Waals surface area contributed by atoms with Crippen molar-refractivity contribution in [3.05, 3.63) is 112 Å². The van der Waals surface area contributed by atoms with Gasteiger partial charge in [0.15, 0.2) is 5.60 Å². The van der Waals surface area contributed by atoms with Crippen LogP contribution in [-0.2, 0) is 41.4 Å². The molecule has 24 nitrogen and oxygen atoms in total. The molecule has 3 aliphatic heterocycles. The number of carboxylic acids is 2. The topological polar surface area (TPSA) is 320 Å².